The minimum absolute atomic E-state index is 0.0239. The molecule has 0 saturated heterocycles. The predicted molar refractivity (Wildman–Crippen MR) is 116 cm³/mol. The van der Waals surface area contributed by atoms with E-state index in [1.165, 1.54) is 31.8 Å². The van der Waals surface area contributed by atoms with E-state index in [0.29, 0.717) is 45.6 Å². The Morgan fingerprint density at radius 3 is 2.71 bits per heavy atom. The lowest BCUT2D eigenvalue weighted by Crippen LogP contribution is -1.94. The summed E-state index contributed by atoms with van der Waals surface area (Å²) in [5, 5.41) is 10.1. The standard InChI is InChI=1S/C18H11ClFN7O.C3H6/c19-16-14(9-1-2-13-25-12(23-8-28)6-27(13)5-9)10-3-24-26-18(10)15(17(16)20)11-4-21-7-22-11;1-2-3-1/h1-8H,(H,21,22)(H,23,28)(H,24,26);1-3H2. The smallest absolute Gasteiger partial charge is 0.212 e. The number of nitrogens with one attached hydrogen (secondary N) is 3. The van der Waals surface area contributed by atoms with E-state index < -0.39 is 5.82 Å². The highest BCUT2D eigenvalue weighted by Gasteiger charge is 2.23. The van der Waals surface area contributed by atoms with Gasteiger partial charge in [-0.15, -0.1) is 0 Å². The van der Waals surface area contributed by atoms with Crippen LogP contribution in [-0.4, -0.2) is 36.0 Å². The van der Waals surface area contributed by atoms with Gasteiger partial charge in [-0.05, 0) is 12.1 Å². The molecule has 156 valence electrons. The van der Waals surface area contributed by atoms with E-state index in [0.717, 1.165) is 0 Å². The number of halogens is 2. The second-order valence-electron chi connectivity index (χ2n) is 7.13. The Balaban J connectivity index is 0.000000628. The fraction of sp³-hybridized carbons (Fsp3) is 0.143. The van der Waals surface area contributed by atoms with Crippen LogP contribution in [0.15, 0.2) is 43.2 Å². The number of anilines is 1. The molecule has 1 saturated carbocycles. The molecule has 5 aromatic rings. The SMILES string of the molecule is C1CC1.O=CNc1cn2cc(-c3c(Cl)c(F)c(-c4cnc[nH]4)c4[nH]ncc34)ccc2n1. The van der Waals surface area contributed by atoms with Gasteiger partial charge >= 0.3 is 0 Å². The van der Waals surface area contributed by atoms with Crippen molar-refractivity contribution in [1.29, 1.82) is 0 Å². The number of imidazole rings is 2. The van der Waals surface area contributed by atoms with Crippen molar-refractivity contribution in [3.05, 3.63) is 54.1 Å². The molecule has 1 aliphatic carbocycles. The summed E-state index contributed by atoms with van der Waals surface area (Å²) in [4.78, 5) is 21.7. The molecule has 1 amide bonds. The Hall–Kier alpha value is -3.72. The summed E-state index contributed by atoms with van der Waals surface area (Å²) in [5.74, 6) is -0.167. The number of amides is 1. The van der Waals surface area contributed by atoms with Gasteiger partial charge in [0.15, 0.2) is 11.6 Å². The lowest BCUT2D eigenvalue weighted by atomic mass is 9.98. The molecule has 3 N–H and O–H groups in total. The number of benzene rings is 1. The van der Waals surface area contributed by atoms with Crippen molar-refractivity contribution in [2.24, 2.45) is 0 Å². The topological polar surface area (TPSA) is 104 Å². The van der Waals surface area contributed by atoms with Gasteiger partial charge in [0, 0.05) is 22.7 Å². The van der Waals surface area contributed by atoms with E-state index in [1.54, 1.807) is 35.1 Å². The number of hydrogen-bond acceptors (Lipinski definition) is 4. The van der Waals surface area contributed by atoms with Crippen LogP contribution < -0.4 is 5.32 Å². The minimum Gasteiger partial charge on any atom is -0.344 e. The maximum Gasteiger partial charge on any atom is 0.212 e. The highest BCUT2D eigenvalue weighted by molar-refractivity contribution is 6.36. The number of H-pyrrole nitrogens is 2. The zero-order valence-electron chi connectivity index (χ0n) is 16.2. The van der Waals surface area contributed by atoms with Crippen molar-refractivity contribution in [3.63, 3.8) is 0 Å². The molecule has 31 heavy (non-hydrogen) atoms. The first-order chi connectivity index (χ1) is 15.2. The summed E-state index contributed by atoms with van der Waals surface area (Å²) >= 11 is 6.46. The van der Waals surface area contributed by atoms with Crippen molar-refractivity contribution < 1.29 is 9.18 Å². The predicted octanol–water partition coefficient (Wildman–Crippen LogP) is 4.80. The number of nitrogens with zero attached hydrogens (tertiary/aromatic N) is 4. The molecule has 0 bridgehead atoms. The zero-order valence-corrected chi connectivity index (χ0v) is 16.9. The molecular weight excluding hydrogens is 421 g/mol. The average molecular weight is 438 g/mol. The first-order valence-electron chi connectivity index (χ1n) is 9.69. The molecule has 1 aromatic carbocycles. The number of hydrogen-bond donors (Lipinski definition) is 3. The highest BCUT2D eigenvalue weighted by atomic mass is 35.5. The van der Waals surface area contributed by atoms with Gasteiger partial charge in [0.25, 0.3) is 0 Å². The Morgan fingerprint density at radius 2 is 2.00 bits per heavy atom. The normalized spacial score (nSPS) is 12.6. The van der Waals surface area contributed by atoms with Crippen molar-refractivity contribution in [3.8, 4) is 22.4 Å². The van der Waals surface area contributed by atoms with E-state index >= 15 is 4.39 Å². The molecule has 4 heterocycles. The van der Waals surface area contributed by atoms with Crippen LogP contribution in [0.1, 0.15) is 19.3 Å². The fourth-order valence-corrected chi connectivity index (χ4v) is 3.62. The Kier molecular flexibility index (Phi) is 4.87. The molecule has 1 aliphatic rings. The maximum atomic E-state index is 15.2. The van der Waals surface area contributed by atoms with Crippen LogP contribution in [-0.2, 0) is 4.79 Å². The number of fused-ring (bicyclic) bond motifs is 2. The maximum absolute atomic E-state index is 15.2. The summed E-state index contributed by atoms with van der Waals surface area (Å²) in [7, 11) is 0. The third-order valence-electron chi connectivity index (χ3n) is 4.86. The molecule has 0 radical (unpaired) electrons. The molecule has 6 rings (SSSR count). The lowest BCUT2D eigenvalue weighted by Gasteiger charge is -2.12. The molecule has 0 unspecified atom stereocenters. The summed E-state index contributed by atoms with van der Waals surface area (Å²) in [5.41, 5.74) is 3.09. The molecule has 0 aliphatic heterocycles. The quantitative estimate of drug-likeness (QED) is 0.351. The van der Waals surface area contributed by atoms with E-state index in [9.17, 15) is 4.79 Å². The molecular formula is C21H17ClFN7O. The molecule has 10 heteroatoms. The van der Waals surface area contributed by atoms with E-state index in [2.05, 4.69) is 30.5 Å². The number of pyridine rings is 1. The second kappa shape index (κ2) is 7.84. The number of aromatic nitrogens is 6. The van der Waals surface area contributed by atoms with E-state index in [4.69, 9.17) is 11.6 Å². The third kappa shape index (κ3) is 3.53. The van der Waals surface area contributed by atoms with Crippen molar-refractivity contribution >= 4 is 40.4 Å². The van der Waals surface area contributed by atoms with Crippen molar-refractivity contribution in [2.45, 2.75) is 19.3 Å². The molecule has 8 nitrogen and oxygen atoms in total. The number of carbonyl (C=O) groups excluding carboxylic acids is 1. The van der Waals surface area contributed by atoms with Crippen LogP contribution in [0.4, 0.5) is 10.2 Å². The summed E-state index contributed by atoms with van der Waals surface area (Å²) in [6.45, 7) is 0. The lowest BCUT2D eigenvalue weighted by molar-refractivity contribution is -0.105. The first-order valence-corrected chi connectivity index (χ1v) is 10.1. The van der Waals surface area contributed by atoms with Crippen molar-refractivity contribution in [2.75, 3.05) is 5.32 Å². The van der Waals surface area contributed by atoms with Gasteiger partial charge in [-0.2, -0.15) is 5.10 Å². The Labute approximate surface area is 180 Å². The van der Waals surface area contributed by atoms with E-state index in [-0.39, 0.29) is 10.6 Å². The van der Waals surface area contributed by atoms with Gasteiger partial charge in [-0.1, -0.05) is 30.9 Å². The van der Waals surface area contributed by atoms with Gasteiger partial charge < -0.3 is 14.7 Å². The third-order valence-corrected chi connectivity index (χ3v) is 5.21. The summed E-state index contributed by atoms with van der Waals surface area (Å²) in [6.07, 6.45) is 13.1. The minimum atomic E-state index is -0.577. The first kappa shape index (κ1) is 19.3. The summed E-state index contributed by atoms with van der Waals surface area (Å²) in [6, 6.07) is 3.55. The van der Waals surface area contributed by atoms with Gasteiger partial charge in [0.05, 0.1) is 46.7 Å². The van der Waals surface area contributed by atoms with Crippen LogP contribution >= 0.6 is 11.6 Å². The molecule has 4 aromatic heterocycles. The van der Waals surface area contributed by atoms with Gasteiger partial charge in [0.2, 0.25) is 6.41 Å². The molecule has 0 atom stereocenters. The number of carbonyl (C=O) groups is 1. The summed E-state index contributed by atoms with van der Waals surface area (Å²) < 4.78 is 17.0. The van der Waals surface area contributed by atoms with Gasteiger partial charge in [-0.25, -0.2) is 14.4 Å². The average Bonchev–Trinajstić information content (AvgIpc) is 3.24. The zero-order chi connectivity index (χ0) is 21.4. The Bertz CT molecular complexity index is 1390. The van der Waals surface area contributed by atoms with Gasteiger partial charge in [-0.3, -0.25) is 9.89 Å². The molecule has 1 fully saturated rings. The van der Waals surface area contributed by atoms with Crippen molar-refractivity contribution in [1.82, 2.24) is 29.5 Å². The largest absolute Gasteiger partial charge is 0.344 e. The highest BCUT2D eigenvalue weighted by Crippen LogP contribution is 2.42. The van der Waals surface area contributed by atoms with Crippen LogP contribution in [0.3, 0.4) is 0 Å². The molecule has 0 spiro atoms. The fourth-order valence-electron chi connectivity index (χ4n) is 3.31. The number of aromatic amines is 2. The number of rotatable bonds is 4. The van der Waals surface area contributed by atoms with Crippen LogP contribution in [0.25, 0.3) is 38.9 Å². The van der Waals surface area contributed by atoms with Crippen LogP contribution in [0.5, 0.6) is 0 Å². The Morgan fingerprint density at radius 1 is 1.16 bits per heavy atom. The van der Waals surface area contributed by atoms with Crippen LogP contribution in [0, 0.1) is 5.82 Å². The monoisotopic (exact) mass is 437 g/mol. The van der Waals surface area contributed by atoms with E-state index in [1.807, 2.05) is 0 Å². The van der Waals surface area contributed by atoms with Gasteiger partial charge in [0.1, 0.15) is 5.65 Å². The van der Waals surface area contributed by atoms with Crippen LogP contribution in [0.2, 0.25) is 5.02 Å². The second-order valence-corrected chi connectivity index (χ2v) is 7.51.